The molecule has 1 rings (SSSR count). The van der Waals surface area contributed by atoms with Gasteiger partial charge in [-0.2, -0.15) is 0 Å². The molecule has 0 bridgehead atoms. The molecule has 0 atom stereocenters. The SMILES string of the molecule is C#CCCCNCc1ccc(OCCC(C)C)cc1. The second-order valence-corrected chi connectivity index (χ2v) is 5.16. The van der Waals surface area contributed by atoms with Crippen molar-refractivity contribution in [2.75, 3.05) is 13.2 Å². The van der Waals surface area contributed by atoms with Crippen LogP contribution >= 0.6 is 0 Å². The van der Waals surface area contributed by atoms with Crippen LogP contribution in [0.4, 0.5) is 0 Å². The van der Waals surface area contributed by atoms with Crippen LogP contribution in [-0.2, 0) is 6.54 Å². The van der Waals surface area contributed by atoms with Crippen molar-refractivity contribution in [2.45, 2.75) is 39.7 Å². The molecule has 0 saturated carbocycles. The Bertz CT molecular complexity index is 375. The maximum absolute atomic E-state index is 5.69. The van der Waals surface area contributed by atoms with E-state index >= 15 is 0 Å². The molecular weight excluding hydrogens is 234 g/mol. The molecule has 0 aromatic heterocycles. The lowest BCUT2D eigenvalue weighted by Gasteiger charge is -2.09. The number of benzene rings is 1. The Kier molecular flexibility index (Phi) is 7.77. The van der Waals surface area contributed by atoms with Crippen molar-refractivity contribution in [3.8, 4) is 18.1 Å². The molecule has 0 saturated heterocycles. The van der Waals surface area contributed by atoms with Crippen LogP contribution in [-0.4, -0.2) is 13.2 Å². The summed E-state index contributed by atoms with van der Waals surface area (Å²) >= 11 is 0. The average Bonchev–Trinajstić information content (AvgIpc) is 2.40. The highest BCUT2D eigenvalue weighted by molar-refractivity contribution is 5.27. The summed E-state index contributed by atoms with van der Waals surface area (Å²) in [5.41, 5.74) is 1.27. The van der Waals surface area contributed by atoms with Crippen LogP contribution in [0.2, 0.25) is 0 Å². The lowest BCUT2D eigenvalue weighted by atomic mass is 10.1. The van der Waals surface area contributed by atoms with Gasteiger partial charge in [-0.25, -0.2) is 0 Å². The smallest absolute Gasteiger partial charge is 0.119 e. The van der Waals surface area contributed by atoms with Gasteiger partial charge in [0.25, 0.3) is 0 Å². The fourth-order valence-electron chi connectivity index (χ4n) is 1.66. The zero-order valence-electron chi connectivity index (χ0n) is 12.1. The second kappa shape index (κ2) is 9.47. The van der Waals surface area contributed by atoms with Gasteiger partial charge in [0, 0.05) is 13.0 Å². The minimum Gasteiger partial charge on any atom is -0.494 e. The first kappa shape index (κ1) is 15.6. The maximum Gasteiger partial charge on any atom is 0.119 e. The summed E-state index contributed by atoms with van der Waals surface area (Å²) in [7, 11) is 0. The van der Waals surface area contributed by atoms with Gasteiger partial charge < -0.3 is 10.1 Å². The van der Waals surface area contributed by atoms with Gasteiger partial charge in [-0.15, -0.1) is 12.3 Å². The first-order chi connectivity index (χ1) is 9.22. The topological polar surface area (TPSA) is 21.3 Å². The van der Waals surface area contributed by atoms with Gasteiger partial charge in [-0.05, 0) is 43.0 Å². The van der Waals surface area contributed by atoms with Crippen molar-refractivity contribution in [2.24, 2.45) is 5.92 Å². The third-order valence-electron chi connectivity index (χ3n) is 2.89. The molecule has 1 N–H and O–H groups in total. The van der Waals surface area contributed by atoms with Crippen LogP contribution in [0.1, 0.15) is 38.7 Å². The third-order valence-corrected chi connectivity index (χ3v) is 2.89. The van der Waals surface area contributed by atoms with E-state index in [2.05, 4.69) is 37.2 Å². The molecule has 0 fully saturated rings. The van der Waals surface area contributed by atoms with Crippen LogP contribution in [0, 0.1) is 18.3 Å². The van der Waals surface area contributed by atoms with E-state index in [0.717, 1.165) is 44.7 Å². The summed E-state index contributed by atoms with van der Waals surface area (Å²) in [6.07, 6.45) is 8.18. The summed E-state index contributed by atoms with van der Waals surface area (Å²) in [5.74, 6) is 4.29. The Hall–Kier alpha value is -1.46. The van der Waals surface area contributed by atoms with Crippen LogP contribution in [0.5, 0.6) is 5.75 Å². The molecule has 19 heavy (non-hydrogen) atoms. The van der Waals surface area contributed by atoms with Crippen LogP contribution in [0.15, 0.2) is 24.3 Å². The minimum atomic E-state index is 0.687. The Labute approximate surface area is 117 Å². The monoisotopic (exact) mass is 259 g/mol. The van der Waals surface area contributed by atoms with E-state index < -0.39 is 0 Å². The number of unbranched alkanes of at least 4 members (excludes halogenated alkanes) is 1. The standard InChI is InChI=1S/C17H25NO/c1-4-5-6-12-18-14-16-7-9-17(10-8-16)19-13-11-15(2)3/h1,7-10,15,18H,5-6,11-14H2,2-3H3. The molecule has 1 aromatic rings. The second-order valence-electron chi connectivity index (χ2n) is 5.16. The predicted octanol–water partition coefficient (Wildman–Crippen LogP) is 3.61. The van der Waals surface area contributed by atoms with Gasteiger partial charge in [0.05, 0.1) is 6.61 Å². The van der Waals surface area contributed by atoms with Crippen LogP contribution in [0.3, 0.4) is 0 Å². The zero-order valence-corrected chi connectivity index (χ0v) is 12.1. The highest BCUT2D eigenvalue weighted by Gasteiger charge is 1.97. The number of rotatable bonds is 9. The summed E-state index contributed by atoms with van der Waals surface area (Å²) in [6.45, 7) is 7.06. The predicted molar refractivity (Wildman–Crippen MR) is 81.2 cm³/mol. The first-order valence-corrected chi connectivity index (χ1v) is 7.08. The Morgan fingerprint density at radius 1 is 1.26 bits per heavy atom. The summed E-state index contributed by atoms with van der Waals surface area (Å²) in [6, 6.07) is 8.30. The van der Waals surface area contributed by atoms with E-state index in [1.165, 1.54) is 5.56 Å². The molecule has 2 nitrogen and oxygen atoms in total. The van der Waals surface area contributed by atoms with E-state index in [1.807, 2.05) is 12.1 Å². The minimum absolute atomic E-state index is 0.687. The number of ether oxygens (including phenoxy) is 1. The lowest BCUT2D eigenvalue weighted by molar-refractivity contribution is 0.289. The molecular formula is C17H25NO. The molecule has 0 heterocycles. The molecule has 0 spiro atoms. The molecule has 0 unspecified atom stereocenters. The molecule has 1 aromatic carbocycles. The number of nitrogens with one attached hydrogen (secondary N) is 1. The lowest BCUT2D eigenvalue weighted by Crippen LogP contribution is -2.14. The van der Waals surface area contributed by atoms with E-state index in [0.29, 0.717) is 5.92 Å². The van der Waals surface area contributed by atoms with Crippen molar-refractivity contribution >= 4 is 0 Å². The van der Waals surface area contributed by atoms with Crippen molar-refractivity contribution in [3.63, 3.8) is 0 Å². The van der Waals surface area contributed by atoms with E-state index in [4.69, 9.17) is 11.2 Å². The van der Waals surface area contributed by atoms with Gasteiger partial charge in [0.1, 0.15) is 5.75 Å². The largest absolute Gasteiger partial charge is 0.494 e. The van der Waals surface area contributed by atoms with Crippen molar-refractivity contribution < 1.29 is 4.74 Å². The molecule has 0 aliphatic carbocycles. The molecule has 2 heteroatoms. The third kappa shape index (κ3) is 7.54. The van der Waals surface area contributed by atoms with Crippen molar-refractivity contribution in [1.29, 1.82) is 0 Å². The molecule has 0 radical (unpaired) electrons. The summed E-state index contributed by atoms with van der Waals surface area (Å²) in [4.78, 5) is 0. The highest BCUT2D eigenvalue weighted by atomic mass is 16.5. The van der Waals surface area contributed by atoms with E-state index in [9.17, 15) is 0 Å². The highest BCUT2D eigenvalue weighted by Crippen LogP contribution is 2.13. The van der Waals surface area contributed by atoms with Gasteiger partial charge in [0.2, 0.25) is 0 Å². The normalized spacial score (nSPS) is 10.4. The Balaban J connectivity index is 2.22. The number of hydrogen-bond donors (Lipinski definition) is 1. The Morgan fingerprint density at radius 3 is 2.63 bits per heavy atom. The quantitative estimate of drug-likeness (QED) is 0.540. The molecule has 0 amide bonds. The van der Waals surface area contributed by atoms with Gasteiger partial charge in [-0.3, -0.25) is 0 Å². The van der Waals surface area contributed by atoms with Crippen molar-refractivity contribution in [3.05, 3.63) is 29.8 Å². The van der Waals surface area contributed by atoms with Gasteiger partial charge in [-0.1, -0.05) is 26.0 Å². The maximum atomic E-state index is 5.69. The zero-order chi connectivity index (χ0) is 13.9. The van der Waals surface area contributed by atoms with Crippen molar-refractivity contribution in [1.82, 2.24) is 5.32 Å². The number of hydrogen-bond acceptors (Lipinski definition) is 2. The first-order valence-electron chi connectivity index (χ1n) is 7.08. The van der Waals surface area contributed by atoms with E-state index in [1.54, 1.807) is 0 Å². The fourth-order valence-corrected chi connectivity index (χ4v) is 1.66. The number of terminal acetylenes is 1. The molecule has 104 valence electrons. The van der Waals surface area contributed by atoms with Gasteiger partial charge >= 0.3 is 0 Å². The molecule has 0 aliphatic rings. The van der Waals surface area contributed by atoms with Crippen LogP contribution < -0.4 is 10.1 Å². The van der Waals surface area contributed by atoms with Crippen LogP contribution in [0.25, 0.3) is 0 Å². The summed E-state index contributed by atoms with van der Waals surface area (Å²) in [5, 5.41) is 3.38. The molecule has 0 aliphatic heterocycles. The fraction of sp³-hybridized carbons (Fsp3) is 0.529. The summed E-state index contributed by atoms with van der Waals surface area (Å²) < 4.78 is 5.69. The Morgan fingerprint density at radius 2 is 2.00 bits per heavy atom. The van der Waals surface area contributed by atoms with E-state index in [-0.39, 0.29) is 0 Å². The average molecular weight is 259 g/mol. The van der Waals surface area contributed by atoms with Gasteiger partial charge in [0.15, 0.2) is 0 Å².